The highest BCUT2D eigenvalue weighted by Crippen LogP contribution is 2.41. The van der Waals surface area contributed by atoms with Crippen molar-refractivity contribution in [2.24, 2.45) is 11.3 Å². The van der Waals surface area contributed by atoms with Crippen LogP contribution in [-0.2, 0) is 11.3 Å². The van der Waals surface area contributed by atoms with E-state index in [0.29, 0.717) is 5.41 Å². The van der Waals surface area contributed by atoms with Gasteiger partial charge in [0.05, 0.1) is 0 Å². The Hall–Kier alpha value is -1.42. The highest BCUT2D eigenvalue weighted by Gasteiger charge is 2.46. The number of hydrogen-bond acceptors (Lipinski definition) is 2. The second-order valence-electron chi connectivity index (χ2n) is 7.26. The van der Waals surface area contributed by atoms with Crippen LogP contribution in [0.5, 0.6) is 0 Å². The molecule has 3 nitrogen and oxygen atoms in total. The quantitative estimate of drug-likeness (QED) is 0.857. The molecule has 3 rings (SSSR count). The summed E-state index contributed by atoms with van der Waals surface area (Å²) in [5, 5.41) is 0. The molecule has 2 aliphatic heterocycles. The maximum atomic E-state index is 13.2. The molecule has 0 N–H and O–H groups in total. The van der Waals surface area contributed by atoms with E-state index in [2.05, 4.69) is 4.90 Å². The zero-order valence-electron chi connectivity index (χ0n) is 13.5. The predicted octanol–water partition coefficient (Wildman–Crippen LogP) is 2.91. The summed E-state index contributed by atoms with van der Waals surface area (Å²) in [6.07, 6.45) is 2.29. The lowest BCUT2D eigenvalue weighted by molar-refractivity contribution is -0.150. The number of hydrogen-bond donors (Lipinski definition) is 0. The Morgan fingerprint density at radius 2 is 1.95 bits per heavy atom. The van der Waals surface area contributed by atoms with Crippen LogP contribution in [0.1, 0.15) is 32.3 Å². The molecular formula is C18H25FN2O. The van der Waals surface area contributed by atoms with Gasteiger partial charge in [0.25, 0.3) is 0 Å². The summed E-state index contributed by atoms with van der Waals surface area (Å²) in [6, 6.07) is 6.87. The first-order chi connectivity index (χ1) is 10.5. The van der Waals surface area contributed by atoms with Gasteiger partial charge in [-0.2, -0.15) is 0 Å². The first kappa shape index (κ1) is 15.5. The molecule has 0 aromatic heterocycles. The smallest absolute Gasteiger partial charge is 0.225 e. The summed E-state index contributed by atoms with van der Waals surface area (Å²) in [5.74, 6) is 0.228. The molecule has 1 aromatic rings. The van der Waals surface area contributed by atoms with Gasteiger partial charge in [-0.05, 0) is 43.6 Å². The molecule has 1 amide bonds. The molecule has 4 heteroatoms. The van der Waals surface area contributed by atoms with Crippen molar-refractivity contribution < 1.29 is 9.18 Å². The lowest BCUT2D eigenvalue weighted by atomic mass is 9.71. The second kappa shape index (κ2) is 5.99. The Morgan fingerprint density at radius 3 is 2.55 bits per heavy atom. The van der Waals surface area contributed by atoms with E-state index in [-0.39, 0.29) is 17.6 Å². The number of benzene rings is 1. The lowest BCUT2D eigenvalue weighted by Gasteiger charge is -2.54. The van der Waals surface area contributed by atoms with Crippen molar-refractivity contribution in [1.29, 1.82) is 0 Å². The molecule has 1 aromatic carbocycles. The van der Waals surface area contributed by atoms with E-state index < -0.39 is 0 Å². The SMILES string of the molecule is CC(C)C(=O)N1CC2(CCN(Cc3cccc(F)c3)CC2)C1. The summed E-state index contributed by atoms with van der Waals surface area (Å²) in [4.78, 5) is 16.4. The Balaban J connectivity index is 1.49. The van der Waals surface area contributed by atoms with E-state index in [0.717, 1.165) is 51.1 Å². The fourth-order valence-electron chi connectivity index (χ4n) is 3.68. The van der Waals surface area contributed by atoms with Crippen molar-refractivity contribution in [3.63, 3.8) is 0 Å². The van der Waals surface area contributed by atoms with Gasteiger partial charge >= 0.3 is 0 Å². The average molecular weight is 304 g/mol. The minimum atomic E-state index is -0.159. The van der Waals surface area contributed by atoms with Gasteiger partial charge in [0.1, 0.15) is 5.82 Å². The van der Waals surface area contributed by atoms with Crippen molar-refractivity contribution in [1.82, 2.24) is 9.80 Å². The van der Waals surface area contributed by atoms with Crippen molar-refractivity contribution in [2.45, 2.75) is 33.2 Å². The summed E-state index contributed by atoms with van der Waals surface area (Å²) < 4.78 is 13.2. The number of carbonyl (C=O) groups is 1. The molecule has 2 aliphatic rings. The largest absolute Gasteiger partial charge is 0.341 e. The molecule has 0 unspecified atom stereocenters. The molecule has 120 valence electrons. The zero-order chi connectivity index (χ0) is 15.7. The van der Waals surface area contributed by atoms with Crippen LogP contribution in [-0.4, -0.2) is 41.9 Å². The molecule has 0 bridgehead atoms. The highest BCUT2D eigenvalue weighted by molar-refractivity contribution is 5.79. The molecule has 0 aliphatic carbocycles. The monoisotopic (exact) mass is 304 g/mol. The van der Waals surface area contributed by atoms with Crippen LogP contribution < -0.4 is 0 Å². The van der Waals surface area contributed by atoms with Gasteiger partial charge in [0.2, 0.25) is 5.91 Å². The number of rotatable bonds is 3. The van der Waals surface area contributed by atoms with E-state index in [1.165, 1.54) is 6.07 Å². The predicted molar refractivity (Wildman–Crippen MR) is 84.8 cm³/mol. The van der Waals surface area contributed by atoms with Gasteiger partial charge in [0, 0.05) is 31.0 Å². The van der Waals surface area contributed by atoms with Crippen LogP contribution in [0.4, 0.5) is 4.39 Å². The molecule has 0 radical (unpaired) electrons. The minimum Gasteiger partial charge on any atom is -0.341 e. The van der Waals surface area contributed by atoms with Gasteiger partial charge in [0.15, 0.2) is 0 Å². The number of nitrogens with zero attached hydrogens (tertiary/aromatic N) is 2. The molecule has 22 heavy (non-hydrogen) atoms. The molecule has 2 fully saturated rings. The van der Waals surface area contributed by atoms with E-state index in [4.69, 9.17) is 0 Å². The topological polar surface area (TPSA) is 23.6 Å². The standard InChI is InChI=1S/C18H25FN2O/c1-14(2)17(22)21-12-18(13-21)6-8-20(9-7-18)11-15-4-3-5-16(19)10-15/h3-5,10,14H,6-9,11-13H2,1-2H3. The van der Waals surface area contributed by atoms with E-state index in [1.807, 2.05) is 24.8 Å². The number of halogens is 1. The number of amides is 1. The Labute approximate surface area is 132 Å². The third-order valence-corrected chi connectivity index (χ3v) is 5.07. The van der Waals surface area contributed by atoms with Crippen LogP contribution >= 0.6 is 0 Å². The molecule has 2 saturated heterocycles. The average Bonchev–Trinajstić information content (AvgIpc) is 2.45. The van der Waals surface area contributed by atoms with E-state index in [9.17, 15) is 9.18 Å². The molecule has 2 heterocycles. The summed E-state index contributed by atoms with van der Waals surface area (Å²) in [5.41, 5.74) is 1.39. The fourth-order valence-corrected chi connectivity index (χ4v) is 3.68. The van der Waals surface area contributed by atoms with Crippen molar-refractivity contribution in [2.75, 3.05) is 26.2 Å². The maximum absolute atomic E-state index is 13.2. The van der Waals surface area contributed by atoms with Crippen molar-refractivity contribution in [3.05, 3.63) is 35.6 Å². The first-order valence-corrected chi connectivity index (χ1v) is 8.23. The zero-order valence-corrected chi connectivity index (χ0v) is 13.5. The van der Waals surface area contributed by atoms with Gasteiger partial charge < -0.3 is 4.90 Å². The second-order valence-corrected chi connectivity index (χ2v) is 7.26. The van der Waals surface area contributed by atoms with Crippen LogP contribution in [0.15, 0.2) is 24.3 Å². The summed E-state index contributed by atoms with van der Waals surface area (Å²) in [6.45, 7) is 8.70. The third-order valence-electron chi connectivity index (χ3n) is 5.07. The van der Waals surface area contributed by atoms with E-state index >= 15 is 0 Å². The molecule has 0 atom stereocenters. The maximum Gasteiger partial charge on any atom is 0.225 e. The van der Waals surface area contributed by atoms with Gasteiger partial charge in [-0.1, -0.05) is 26.0 Å². The summed E-state index contributed by atoms with van der Waals surface area (Å²) >= 11 is 0. The molecule has 1 spiro atoms. The third kappa shape index (κ3) is 3.17. The first-order valence-electron chi connectivity index (χ1n) is 8.23. The Kier molecular flexibility index (Phi) is 4.22. The van der Waals surface area contributed by atoms with E-state index in [1.54, 1.807) is 12.1 Å². The van der Waals surface area contributed by atoms with Gasteiger partial charge in [-0.15, -0.1) is 0 Å². The van der Waals surface area contributed by atoms with Gasteiger partial charge in [-0.3, -0.25) is 9.69 Å². The van der Waals surface area contributed by atoms with Crippen molar-refractivity contribution in [3.8, 4) is 0 Å². The number of piperidine rings is 1. The van der Waals surface area contributed by atoms with Crippen LogP contribution in [0.25, 0.3) is 0 Å². The van der Waals surface area contributed by atoms with Crippen molar-refractivity contribution >= 4 is 5.91 Å². The fraction of sp³-hybridized carbons (Fsp3) is 0.611. The van der Waals surface area contributed by atoms with Crippen LogP contribution in [0.3, 0.4) is 0 Å². The Bertz CT molecular complexity index is 542. The Morgan fingerprint density at radius 1 is 1.27 bits per heavy atom. The summed E-state index contributed by atoms with van der Waals surface area (Å²) in [7, 11) is 0. The normalized spacial score (nSPS) is 21.2. The van der Waals surface area contributed by atoms with Gasteiger partial charge in [-0.25, -0.2) is 4.39 Å². The lowest BCUT2D eigenvalue weighted by Crippen LogP contribution is -2.62. The minimum absolute atomic E-state index is 0.102. The van der Waals surface area contributed by atoms with Crippen LogP contribution in [0, 0.1) is 17.2 Å². The molecule has 0 saturated carbocycles. The highest BCUT2D eigenvalue weighted by atomic mass is 19.1. The number of carbonyl (C=O) groups excluding carboxylic acids is 1. The number of likely N-dealkylation sites (tertiary alicyclic amines) is 2. The van der Waals surface area contributed by atoms with Crippen LogP contribution in [0.2, 0.25) is 0 Å². The molecular weight excluding hydrogens is 279 g/mol.